The number of rotatable bonds is 4. The van der Waals surface area contributed by atoms with Crippen LogP contribution in [0.25, 0.3) is 0 Å². The molecule has 0 aromatic heterocycles. The fraction of sp³-hybridized carbons (Fsp3) is 0.818. The molecule has 0 saturated heterocycles. The molecule has 0 aliphatic heterocycles. The Hall–Kier alpha value is -1.04. The lowest BCUT2D eigenvalue weighted by atomic mass is 10.0. The van der Waals surface area contributed by atoms with E-state index in [0.717, 1.165) is 31.1 Å². The molecule has 2 rings (SSSR count). The number of carbonyl (C=O) groups is 1. The lowest BCUT2D eigenvalue weighted by Crippen LogP contribution is -2.30. The van der Waals surface area contributed by atoms with Crippen molar-refractivity contribution in [2.45, 2.75) is 32.1 Å². The van der Waals surface area contributed by atoms with E-state index in [4.69, 9.17) is 5.26 Å². The zero-order valence-electron chi connectivity index (χ0n) is 8.33. The predicted molar refractivity (Wildman–Crippen MR) is 52.2 cm³/mol. The second-order valence-corrected chi connectivity index (χ2v) is 4.48. The molecular formula is C11H16N2O. The van der Waals surface area contributed by atoms with Gasteiger partial charge in [0.25, 0.3) is 0 Å². The van der Waals surface area contributed by atoms with Crippen molar-refractivity contribution in [1.82, 2.24) is 5.32 Å². The average molecular weight is 192 g/mol. The molecule has 76 valence electrons. The third kappa shape index (κ3) is 2.06. The highest BCUT2D eigenvalue weighted by Crippen LogP contribution is 2.54. The second kappa shape index (κ2) is 4.00. The van der Waals surface area contributed by atoms with Crippen LogP contribution in [0, 0.1) is 29.1 Å². The van der Waals surface area contributed by atoms with Crippen molar-refractivity contribution in [3.05, 3.63) is 0 Å². The van der Waals surface area contributed by atoms with Crippen LogP contribution in [0.3, 0.4) is 0 Å². The van der Waals surface area contributed by atoms with Gasteiger partial charge in [0.15, 0.2) is 0 Å². The normalized spacial score (nSPS) is 33.2. The summed E-state index contributed by atoms with van der Waals surface area (Å²) in [7, 11) is 0. The number of nitrogens with one attached hydrogen (secondary N) is 1. The lowest BCUT2D eigenvalue weighted by molar-refractivity contribution is -0.125. The van der Waals surface area contributed by atoms with Gasteiger partial charge in [-0.1, -0.05) is 0 Å². The van der Waals surface area contributed by atoms with E-state index >= 15 is 0 Å². The van der Waals surface area contributed by atoms with Crippen molar-refractivity contribution in [1.29, 1.82) is 5.26 Å². The third-order valence-electron chi connectivity index (χ3n) is 3.38. The zero-order valence-corrected chi connectivity index (χ0v) is 8.33. The van der Waals surface area contributed by atoms with Crippen molar-refractivity contribution in [3.8, 4) is 6.07 Å². The van der Waals surface area contributed by atoms with Crippen molar-refractivity contribution >= 4 is 5.91 Å². The van der Waals surface area contributed by atoms with Crippen LogP contribution >= 0.6 is 0 Å². The number of nitriles is 1. The first-order valence-corrected chi connectivity index (χ1v) is 5.46. The first-order valence-electron chi connectivity index (χ1n) is 5.46. The van der Waals surface area contributed by atoms with E-state index in [0.29, 0.717) is 13.0 Å². The molecule has 2 unspecified atom stereocenters. The van der Waals surface area contributed by atoms with Gasteiger partial charge < -0.3 is 5.32 Å². The van der Waals surface area contributed by atoms with Gasteiger partial charge in [0.05, 0.1) is 6.07 Å². The maximum absolute atomic E-state index is 11.6. The molecule has 0 aromatic carbocycles. The highest BCUT2D eigenvalue weighted by Gasteiger charge is 2.47. The summed E-state index contributed by atoms with van der Waals surface area (Å²) in [5, 5.41) is 11.2. The Morgan fingerprint density at radius 1 is 1.36 bits per heavy atom. The molecule has 1 N–H and O–H groups in total. The maximum Gasteiger partial charge on any atom is 0.223 e. The molecule has 2 fully saturated rings. The summed E-state index contributed by atoms with van der Waals surface area (Å²) in [6, 6.07) is 2.07. The van der Waals surface area contributed by atoms with Crippen LogP contribution < -0.4 is 5.32 Å². The van der Waals surface area contributed by atoms with E-state index in [9.17, 15) is 4.79 Å². The van der Waals surface area contributed by atoms with Gasteiger partial charge in [-0.15, -0.1) is 0 Å². The number of fused-ring (bicyclic) bond motifs is 1. The van der Waals surface area contributed by atoms with Crippen molar-refractivity contribution in [2.24, 2.45) is 17.8 Å². The van der Waals surface area contributed by atoms with Gasteiger partial charge in [-0.25, -0.2) is 0 Å². The van der Waals surface area contributed by atoms with Crippen LogP contribution in [-0.4, -0.2) is 12.5 Å². The van der Waals surface area contributed by atoms with Gasteiger partial charge in [-0.3, -0.25) is 4.79 Å². The fourth-order valence-electron chi connectivity index (χ4n) is 2.45. The standard InChI is InChI=1S/C11H16N2O/c12-3-1-2-4-13-11(14)10-6-8-5-9(8)7-10/h8-10H,1-2,4-7H2,(H,13,14). The summed E-state index contributed by atoms with van der Waals surface area (Å²) in [6.45, 7) is 0.665. The summed E-state index contributed by atoms with van der Waals surface area (Å²) in [5.74, 6) is 2.23. The van der Waals surface area contributed by atoms with E-state index < -0.39 is 0 Å². The van der Waals surface area contributed by atoms with Crippen molar-refractivity contribution < 1.29 is 4.79 Å². The number of nitrogens with zero attached hydrogens (tertiary/aromatic N) is 1. The van der Waals surface area contributed by atoms with Gasteiger partial charge >= 0.3 is 0 Å². The number of unbranched alkanes of at least 4 members (excludes halogenated alkanes) is 1. The van der Waals surface area contributed by atoms with Crippen LogP contribution in [0.1, 0.15) is 32.1 Å². The number of hydrogen-bond acceptors (Lipinski definition) is 2. The van der Waals surface area contributed by atoms with Crippen LogP contribution in [0.2, 0.25) is 0 Å². The SMILES string of the molecule is N#CCCCNC(=O)C1CC2CC2C1. The average Bonchev–Trinajstić information content (AvgIpc) is 2.80. The molecule has 0 radical (unpaired) electrons. The largest absolute Gasteiger partial charge is 0.356 e. The molecular weight excluding hydrogens is 176 g/mol. The highest BCUT2D eigenvalue weighted by atomic mass is 16.1. The summed E-state index contributed by atoms with van der Waals surface area (Å²) in [5.41, 5.74) is 0. The Balaban J connectivity index is 1.61. The molecule has 0 heterocycles. The topological polar surface area (TPSA) is 52.9 Å². The molecule has 3 heteroatoms. The van der Waals surface area contributed by atoms with Crippen LogP contribution in [0.5, 0.6) is 0 Å². The zero-order chi connectivity index (χ0) is 9.97. The molecule has 1 amide bonds. The maximum atomic E-state index is 11.6. The number of amides is 1. The minimum atomic E-state index is 0.218. The molecule has 0 bridgehead atoms. The summed E-state index contributed by atoms with van der Waals surface area (Å²) in [6.07, 6.45) is 4.89. The van der Waals surface area contributed by atoms with Crippen molar-refractivity contribution in [3.63, 3.8) is 0 Å². The van der Waals surface area contributed by atoms with Crippen LogP contribution in [-0.2, 0) is 4.79 Å². The molecule has 0 aromatic rings. The quantitative estimate of drug-likeness (QED) is 0.685. The molecule has 2 atom stereocenters. The second-order valence-electron chi connectivity index (χ2n) is 4.48. The van der Waals surface area contributed by atoms with Gasteiger partial charge in [0.1, 0.15) is 0 Å². The predicted octanol–water partition coefficient (Wildman–Crippen LogP) is 1.45. The molecule has 0 spiro atoms. The smallest absolute Gasteiger partial charge is 0.223 e. The highest BCUT2D eigenvalue weighted by molar-refractivity contribution is 5.79. The Morgan fingerprint density at radius 2 is 2.07 bits per heavy atom. The molecule has 14 heavy (non-hydrogen) atoms. The monoisotopic (exact) mass is 192 g/mol. The molecule has 2 aliphatic carbocycles. The molecule has 3 nitrogen and oxygen atoms in total. The Bertz CT molecular complexity index is 259. The van der Waals surface area contributed by atoms with Gasteiger partial charge in [0.2, 0.25) is 5.91 Å². The number of carbonyl (C=O) groups excluding carboxylic acids is 1. The van der Waals surface area contributed by atoms with Crippen LogP contribution in [0.15, 0.2) is 0 Å². The van der Waals surface area contributed by atoms with E-state index in [2.05, 4.69) is 11.4 Å². The van der Waals surface area contributed by atoms with Crippen LogP contribution in [0.4, 0.5) is 0 Å². The minimum Gasteiger partial charge on any atom is -0.356 e. The summed E-state index contributed by atoms with van der Waals surface area (Å²) < 4.78 is 0. The summed E-state index contributed by atoms with van der Waals surface area (Å²) >= 11 is 0. The first-order chi connectivity index (χ1) is 6.81. The fourth-order valence-corrected chi connectivity index (χ4v) is 2.45. The first kappa shape index (κ1) is 9.51. The Morgan fingerprint density at radius 3 is 2.71 bits per heavy atom. The van der Waals surface area contributed by atoms with Gasteiger partial charge in [-0.05, 0) is 37.5 Å². The van der Waals surface area contributed by atoms with Crippen molar-refractivity contribution in [2.75, 3.05) is 6.54 Å². The minimum absolute atomic E-state index is 0.218. The van der Waals surface area contributed by atoms with Gasteiger partial charge in [-0.2, -0.15) is 5.26 Å². The van der Waals surface area contributed by atoms with E-state index in [1.165, 1.54) is 6.42 Å². The number of hydrogen-bond donors (Lipinski definition) is 1. The van der Waals surface area contributed by atoms with Gasteiger partial charge in [0, 0.05) is 18.9 Å². The lowest BCUT2D eigenvalue weighted by Gasteiger charge is -2.11. The van der Waals surface area contributed by atoms with E-state index in [1.54, 1.807) is 0 Å². The molecule has 2 aliphatic rings. The van der Waals surface area contributed by atoms with E-state index in [1.807, 2.05) is 0 Å². The van der Waals surface area contributed by atoms with E-state index in [-0.39, 0.29) is 11.8 Å². The summed E-state index contributed by atoms with van der Waals surface area (Å²) in [4.78, 5) is 11.6. The third-order valence-corrected chi connectivity index (χ3v) is 3.38. The Labute approximate surface area is 84.5 Å². The molecule has 2 saturated carbocycles. The Kier molecular flexibility index (Phi) is 2.72.